The van der Waals surface area contributed by atoms with Gasteiger partial charge in [-0.15, -0.1) is 11.3 Å². The largest absolute Gasteiger partial charge is 0.340 e. The lowest BCUT2D eigenvalue weighted by molar-refractivity contribution is -0.134. The molecular formula is C17H20N2O2S3. The first-order valence-corrected chi connectivity index (χ1v) is 10.2. The van der Waals surface area contributed by atoms with Gasteiger partial charge in [0.05, 0.1) is 4.91 Å². The first kappa shape index (κ1) is 17.6. The van der Waals surface area contributed by atoms with Gasteiger partial charge in [-0.05, 0) is 43.7 Å². The Labute approximate surface area is 155 Å². The molecule has 4 nitrogen and oxygen atoms in total. The van der Waals surface area contributed by atoms with Gasteiger partial charge in [0, 0.05) is 30.4 Å². The van der Waals surface area contributed by atoms with Crippen molar-refractivity contribution in [1.82, 2.24) is 9.80 Å². The Hall–Kier alpha value is -1.18. The van der Waals surface area contributed by atoms with Crippen LogP contribution >= 0.6 is 35.3 Å². The van der Waals surface area contributed by atoms with Gasteiger partial charge < -0.3 is 4.90 Å². The quantitative estimate of drug-likeness (QED) is 0.589. The molecular weight excluding hydrogens is 360 g/mol. The van der Waals surface area contributed by atoms with Gasteiger partial charge in [-0.1, -0.05) is 30.0 Å². The highest BCUT2D eigenvalue weighted by Gasteiger charge is 2.33. The molecule has 0 radical (unpaired) electrons. The summed E-state index contributed by atoms with van der Waals surface area (Å²) >= 11 is 8.23. The molecule has 24 heavy (non-hydrogen) atoms. The first-order valence-electron chi connectivity index (χ1n) is 8.14. The van der Waals surface area contributed by atoms with Crippen molar-refractivity contribution >= 4 is 57.5 Å². The number of hydrogen-bond acceptors (Lipinski definition) is 5. The zero-order chi connectivity index (χ0) is 17.1. The fourth-order valence-corrected chi connectivity index (χ4v) is 5.05. The Kier molecular flexibility index (Phi) is 5.73. The van der Waals surface area contributed by atoms with E-state index in [0.29, 0.717) is 28.2 Å². The van der Waals surface area contributed by atoms with Crippen molar-refractivity contribution in [3.05, 3.63) is 27.3 Å². The van der Waals surface area contributed by atoms with Crippen LogP contribution in [-0.2, 0) is 9.59 Å². The van der Waals surface area contributed by atoms with E-state index in [-0.39, 0.29) is 11.8 Å². The number of carbonyl (C=O) groups is 2. The van der Waals surface area contributed by atoms with E-state index in [1.165, 1.54) is 18.2 Å². The van der Waals surface area contributed by atoms with Crippen LogP contribution in [-0.4, -0.2) is 45.1 Å². The molecule has 1 aromatic rings. The van der Waals surface area contributed by atoms with Crippen LogP contribution in [0.1, 0.15) is 37.5 Å². The normalized spacial score (nSPS) is 23.4. The fraction of sp³-hybridized carbons (Fsp3) is 0.471. The zero-order valence-electron chi connectivity index (χ0n) is 13.6. The van der Waals surface area contributed by atoms with Gasteiger partial charge in [-0.3, -0.25) is 14.5 Å². The highest BCUT2D eigenvalue weighted by molar-refractivity contribution is 8.26. The average molecular weight is 381 g/mol. The van der Waals surface area contributed by atoms with Gasteiger partial charge in [0.1, 0.15) is 4.32 Å². The molecule has 1 unspecified atom stereocenters. The smallest absolute Gasteiger partial charge is 0.266 e. The molecule has 2 amide bonds. The SMILES string of the molecule is CC1CCCCN1C(=O)CCN1C(=O)/C(=C\c2cccs2)SC1=S. The van der Waals surface area contributed by atoms with Gasteiger partial charge in [-0.2, -0.15) is 0 Å². The van der Waals surface area contributed by atoms with E-state index in [1.54, 1.807) is 16.2 Å². The summed E-state index contributed by atoms with van der Waals surface area (Å²) in [6, 6.07) is 4.23. The van der Waals surface area contributed by atoms with Crippen LogP contribution in [0, 0.1) is 0 Å². The predicted octanol–water partition coefficient (Wildman–Crippen LogP) is 3.74. The van der Waals surface area contributed by atoms with Crippen molar-refractivity contribution in [3.8, 4) is 0 Å². The summed E-state index contributed by atoms with van der Waals surface area (Å²) in [6.07, 6.45) is 5.53. The number of thioether (sulfide) groups is 1. The molecule has 2 fully saturated rings. The van der Waals surface area contributed by atoms with E-state index in [1.807, 2.05) is 28.5 Å². The monoisotopic (exact) mass is 380 g/mol. The van der Waals surface area contributed by atoms with Crippen molar-refractivity contribution in [3.63, 3.8) is 0 Å². The van der Waals surface area contributed by atoms with Crippen molar-refractivity contribution < 1.29 is 9.59 Å². The fourth-order valence-electron chi connectivity index (χ4n) is 3.02. The lowest BCUT2D eigenvalue weighted by atomic mass is 10.0. The Morgan fingerprint density at radius 1 is 1.46 bits per heavy atom. The maximum atomic E-state index is 12.5. The van der Waals surface area contributed by atoms with Gasteiger partial charge in [-0.25, -0.2) is 0 Å². The summed E-state index contributed by atoms with van der Waals surface area (Å²) < 4.78 is 0.544. The summed E-state index contributed by atoms with van der Waals surface area (Å²) in [5.74, 6) is 0.0383. The summed E-state index contributed by atoms with van der Waals surface area (Å²) in [6.45, 7) is 3.30. The second-order valence-electron chi connectivity index (χ2n) is 6.03. The van der Waals surface area contributed by atoms with Gasteiger partial charge in [0.25, 0.3) is 5.91 Å². The minimum Gasteiger partial charge on any atom is -0.340 e. The van der Waals surface area contributed by atoms with Crippen molar-refractivity contribution in [1.29, 1.82) is 0 Å². The molecule has 2 aliphatic rings. The van der Waals surface area contributed by atoms with Crippen molar-refractivity contribution in [2.24, 2.45) is 0 Å². The lowest BCUT2D eigenvalue weighted by Crippen LogP contribution is -2.43. The van der Waals surface area contributed by atoms with Crippen LogP contribution in [0.15, 0.2) is 22.4 Å². The third-order valence-corrected chi connectivity index (χ3v) is 6.56. The molecule has 3 rings (SSSR count). The molecule has 1 atom stereocenters. The Morgan fingerprint density at radius 2 is 2.29 bits per heavy atom. The maximum absolute atomic E-state index is 12.5. The van der Waals surface area contributed by atoms with Crippen molar-refractivity contribution in [2.45, 2.75) is 38.6 Å². The van der Waals surface area contributed by atoms with E-state index in [0.717, 1.165) is 24.3 Å². The van der Waals surface area contributed by atoms with Gasteiger partial charge >= 0.3 is 0 Å². The summed E-state index contributed by atoms with van der Waals surface area (Å²) in [7, 11) is 0. The van der Waals surface area contributed by atoms with E-state index in [9.17, 15) is 9.59 Å². The van der Waals surface area contributed by atoms with Crippen LogP contribution in [0.25, 0.3) is 6.08 Å². The Morgan fingerprint density at radius 3 is 3.00 bits per heavy atom. The minimum atomic E-state index is -0.0853. The maximum Gasteiger partial charge on any atom is 0.266 e. The van der Waals surface area contributed by atoms with Crippen LogP contribution in [0.5, 0.6) is 0 Å². The number of carbonyl (C=O) groups excluding carboxylic acids is 2. The number of hydrogen-bond donors (Lipinski definition) is 0. The number of rotatable bonds is 4. The molecule has 0 bridgehead atoms. The second-order valence-corrected chi connectivity index (χ2v) is 8.69. The van der Waals surface area contributed by atoms with E-state index in [4.69, 9.17) is 12.2 Å². The number of amides is 2. The molecule has 1 aromatic heterocycles. The molecule has 0 N–H and O–H groups in total. The highest BCUT2D eigenvalue weighted by atomic mass is 32.2. The van der Waals surface area contributed by atoms with Gasteiger partial charge in [0.2, 0.25) is 5.91 Å². The number of nitrogens with zero attached hydrogens (tertiary/aromatic N) is 2. The zero-order valence-corrected chi connectivity index (χ0v) is 16.0. The van der Waals surface area contributed by atoms with Gasteiger partial charge in [0.15, 0.2) is 0 Å². The van der Waals surface area contributed by atoms with Crippen LogP contribution in [0.3, 0.4) is 0 Å². The third-order valence-electron chi connectivity index (χ3n) is 4.36. The third kappa shape index (κ3) is 3.90. The van der Waals surface area contributed by atoms with Crippen molar-refractivity contribution in [2.75, 3.05) is 13.1 Å². The number of thiophene rings is 1. The second kappa shape index (κ2) is 7.80. The topological polar surface area (TPSA) is 40.6 Å². The standard InChI is InChI=1S/C17H20N2O2S3/c1-12-5-2-3-8-18(12)15(20)7-9-19-16(21)14(24-17(19)22)11-13-6-4-10-23-13/h4,6,10-12H,2-3,5,7-9H2,1H3/b14-11+. The van der Waals surface area contributed by atoms with Crippen LogP contribution in [0.2, 0.25) is 0 Å². The average Bonchev–Trinajstić information content (AvgIpc) is 3.15. The lowest BCUT2D eigenvalue weighted by Gasteiger charge is -2.33. The molecule has 3 heterocycles. The molecule has 0 saturated carbocycles. The Bertz CT molecular complexity index is 669. The molecule has 2 aliphatic heterocycles. The molecule has 2 saturated heterocycles. The predicted molar refractivity (Wildman–Crippen MR) is 104 cm³/mol. The molecule has 0 spiro atoms. The number of thiocarbonyl (C=S) groups is 1. The highest BCUT2D eigenvalue weighted by Crippen LogP contribution is 2.33. The minimum absolute atomic E-state index is 0.0853. The van der Waals surface area contributed by atoms with E-state index >= 15 is 0 Å². The molecule has 7 heteroatoms. The Balaban J connectivity index is 1.60. The molecule has 0 aromatic carbocycles. The molecule has 0 aliphatic carbocycles. The summed E-state index contributed by atoms with van der Waals surface area (Å²) in [4.78, 5) is 30.2. The molecule has 128 valence electrons. The van der Waals surface area contributed by atoms with E-state index in [2.05, 4.69) is 6.92 Å². The number of piperidine rings is 1. The first-order chi connectivity index (χ1) is 11.6. The number of likely N-dealkylation sites (tertiary alicyclic amines) is 1. The van der Waals surface area contributed by atoms with Crippen LogP contribution in [0.4, 0.5) is 0 Å². The van der Waals surface area contributed by atoms with Crippen LogP contribution < -0.4 is 0 Å². The summed E-state index contributed by atoms with van der Waals surface area (Å²) in [5.41, 5.74) is 0. The summed E-state index contributed by atoms with van der Waals surface area (Å²) in [5, 5.41) is 1.98. The van der Waals surface area contributed by atoms with E-state index < -0.39 is 0 Å².